The molecule has 0 aromatic carbocycles. The summed E-state index contributed by atoms with van der Waals surface area (Å²) in [7, 11) is 0. The Hall–Kier alpha value is -1.89. The maximum atomic E-state index is 11.7. The number of aromatic nitrogens is 4. The summed E-state index contributed by atoms with van der Waals surface area (Å²) in [5.74, 6) is 0.879. The first-order valence-corrected chi connectivity index (χ1v) is 7.77. The van der Waals surface area contributed by atoms with Gasteiger partial charge in [0.15, 0.2) is 5.65 Å². The van der Waals surface area contributed by atoms with Crippen molar-refractivity contribution in [2.75, 3.05) is 18.0 Å². The van der Waals surface area contributed by atoms with Crippen LogP contribution in [0.5, 0.6) is 0 Å². The summed E-state index contributed by atoms with van der Waals surface area (Å²) in [5, 5.41) is 14.5. The first kappa shape index (κ1) is 12.8. The van der Waals surface area contributed by atoms with Gasteiger partial charge >= 0.3 is 5.69 Å². The monoisotopic (exact) mass is 288 g/mol. The molecule has 0 spiro atoms. The summed E-state index contributed by atoms with van der Waals surface area (Å²) >= 11 is 0. The van der Waals surface area contributed by atoms with Gasteiger partial charge in [-0.15, -0.1) is 5.10 Å². The number of hydrogen-bond donors (Lipinski definition) is 2. The van der Waals surface area contributed by atoms with E-state index in [0.717, 1.165) is 18.9 Å². The number of piperidine rings is 1. The topological polar surface area (TPSA) is 78.3 Å². The van der Waals surface area contributed by atoms with Crippen LogP contribution in [0, 0.1) is 0 Å². The molecule has 112 valence electrons. The van der Waals surface area contributed by atoms with Crippen molar-refractivity contribution in [1.82, 2.24) is 25.1 Å². The number of fused-ring (bicyclic) bond motifs is 1. The Morgan fingerprint density at radius 2 is 2.14 bits per heavy atom. The Morgan fingerprint density at radius 1 is 1.19 bits per heavy atom. The van der Waals surface area contributed by atoms with E-state index in [1.165, 1.54) is 36.6 Å². The van der Waals surface area contributed by atoms with Crippen molar-refractivity contribution in [2.45, 2.75) is 44.2 Å². The summed E-state index contributed by atoms with van der Waals surface area (Å²) in [6, 6.07) is 4.86. The van der Waals surface area contributed by atoms with Gasteiger partial charge in [0.1, 0.15) is 5.82 Å². The molecule has 2 aliphatic heterocycles. The van der Waals surface area contributed by atoms with Crippen molar-refractivity contribution in [2.24, 2.45) is 0 Å². The fourth-order valence-electron chi connectivity index (χ4n) is 3.65. The molecule has 4 rings (SSSR count). The van der Waals surface area contributed by atoms with Crippen molar-refractivity contribution in [3.05, 3.63) is 22.6 Å². The Morgan fingerprint density at radius 3 is 3.00 bits per heavy atom. The van der Waals surface area contributed by atoms with Gasteiger partial charge in [-0.05, 0) is 50.8 Å². The highest BCUT2D eigenvalue weighted by atomic mass is 16.2. The smallest absolute Gasteiger partial charge is 0.351 e. The number of rotatable bonds is 2. The van der Waals surface area contributed by atoms with Gasteiger partial charge < -0.3 is 10.2 Å². The van der Waals surface area contributed by atoms with E-state index in [-0.39, 0.29) is 5.69 Å². The molecule has 2 N–H and O–H groups in total. The zero-order valence-electron chi connectivity index (χ0n) is 12.0. The highest BCUT2D eigenvalue weighted by molar-refractivity contribution is 5.46. The lowest BCUT2D eigenvalue weighted by Gasteiger charge is -2.40. The van der Waals surface area contributed by atoms with E-state index in [1.807, 2.05) is 12.1 Å². The second-order valence-corrected chi connectivity index (χ2v) is 5.95. The molecule has 2 aromatic heterocycles. The molecule has 0 amide bonds. The minimum Gasteiger partial charge on any atom is -0.351 e. The largest absolute Gasteiger partial charge is 0.364 e. The predicted octanol–water partition coefficient (Wildman–Crippen LogP) is 0.528. The van der Waals surface area contributed by atoms with E-state index < -0.39 is 0 Å². The van der Waals surface area contributed by atoms with E-state index in [0.29, 0.717) is 17.7 Å². The van der Waals surface area contributed by atoms with Crippen LogP contribution in [0.4, 0.5) is 5.82 Å². The summed E-state index contributed by atoms with van der Waals surface area (Å²) in [6.07, 6.45) is 6.13. The van der Waals surface area contributed by atoms with Gasteiger partial charge in [-0.2, -0.15) is 9.61 Å². The SMILES string of the molecule is O=c1[nH]nc2ccc(N3CCCCC3C3CCCN3)nn12. The van der Waals surface area contributed by atoms with Crippen LogP contribution >= 0.6 is 0 Å². The fourth-order valence-corrected chi connectivity index (χ4v) is 3.65. The molecule has 2 saturated heterocycles. The maximum Gasteiger partial charge on any atom is 0.364 e. The molecule has 0 radical (unpaired) electrons. The molecule has 2 unspecified atom stereocenters. The predicted molar refractivity (Wildman–Crippen MR) is 79.6 cm³/mol. The van der Waals surface area contributed by atoms with Crippen molar-refractivity contribution in [3.8, 4) is 0 Å². The van der Waals surface area contributed by atoms with Crippen LogP contribution in [0.1, 0.15) is 32.1 Å². The van der Waals surface area contributed by atoms with Crippen molar-refractivity contribution in [1.29, 1.82) is 0 Å². The normalized spacial score (nSPS) is 26.6. The molecular formula is C14H20N6O. The third kappa shape index (κ3) is 2.21. The first-order valence-electron chi connectivity index (χ1n) is 7.77. The molecule has 2 fully saturated rings. The van der Waals surface area contributed by atoms with Gasteiger partial charge in [0.05, 0.1) is 0 Å². The fraction of sp³-hybridized carbons (Fsp3) is 0.643. The van der Waals surface area contributed by atoms with E-state index in [9.17, 15) is 4.79 Å². The molecule has 21 heavy (non-hydrogen) atoms. The van der Waals surface area contributed by atoms with Gasteiger partial charge in [0.25, 0.3) is 0 Å². The van der Waals surface area contributed by atoms with Gasteiger partial charge in [0, 0.05) is 18.6 Å². The van der Waals surface area contributed by atoms with Crippen LogP contribution in [-0.2, 0) is 0 Å². The highest BCUT2D eigenvalue weighted by Crippen LogP contribution is 2.27. The minimum atomic E-state index is -0.278. The number of nitrogens with zero attached hydrogens (tertiary/aromatic N) is 4. The lowest BCUT2D eigenvalue weighted by atomic mass is 9.94. The lowest BCUT2D eigenvalue weighted by molar-refractivity contribution is 0.375. The summed E-state index contributed by atoms with van der Waals surface area (Å²) in [6.45, 7) is 2.12. The average molecular weight is 288 g/mol. The van der Waals surface area contributed by atoms with Crippen LogP contribution in [0.3, 0.4) is 0 Å². The summed E-state index contributed by atoms with van der Waals surface area (Å²) < 4.78 is 1.35. The maximum absolute atomic E-state index is 11.7. The number of hydrogen-bond acceptors (Lipinski definition) is 5. The molecule has 7 heteroatoms. The molecular weight excluding hydrogens is 268 g/mol. The van der Waals surface area contributed by atoms with E-state index in [4.69, 9.17) is 0 Å². The van der Waals surface area contributed by atoms with Gasteiger partial charge in [-0.1, -0.05) is 0 Å². The minimum absolute atomic E-state index is 0.278. The van der Waals surface area contributed by atoms with Crippen LogP contribution in [0.2, 0.25) is 0 Å². The Kier molecular flexibility index (Phi) is 3.14. The second kappa shape index (κ2) is 5.14. The Balaban J connectivity index is 1.70. The third-order valence-corrected chi connectivity index (χ3v) is 4.67. The molecule has 0 bridgehead atoms. The van der Waals surface area contributed by atoms with Crippen molar-refractivity contribution in [3.63, 3.8) is 0 Å². The van der Waals surface area contributed by atoms with E-state index >= 15 is 0 Å². The van der Waals surface area contributed by atoms with E-state index in [1.54, 1.807) is 0 Å². The molecule has 4 heterocycles. The summed E-state index contributed by atoms with van der Waals surface area (Å²) in [4.78, 5) is 14.1. The Labute approximate surface area is 122 Å². The standard InChI is InChI=1S/C14H20N6O/c21-14-17-16-12-6-7-13(18-20(12)14)19-9-2-1-5-11(19)10-4-3-8-15-10/h6-7,10-11,15H,1-5,8-9H2,(H,17,21). The molecule has 0 aliphatic carbocycles. The summed E-state index contributed by atoms with van der Waals surface area (Å²) in [5.41, 5.74) is 0.288. The van der Waals surface area contributed by atoms with Crippen LogP contribution in [0.15, 0.2) is 16.9 Å². The highest BCUT2D eigenvalue weighted by Gasteiger charge is 2.32. The molecule has 7 nitrogen and oxygen atoms in total. The third-order valence-electron chi connectivity index (χ3n) is 4.67. The zero-order chi connectivity index (χ0) is 14.2. The zero-order valence-corrected chi connectivity index (χ0v) is 12.0. The number of H-pyrrole nitrogens is 1. The molecule has 2 aliphatic rings. The van der Waals surface area contributed by atoms with E-state index in [2.05, 4.69) is 25.5 Å². The first-order chi connectivity index (χ1) is 10.3. The van der Waals surface area contributed by atoms with Crippen LogP contribution in [0.25, 0.3) is 5.65 Å². The van der Waals surface area contributed by atoms with Crippen molar-refractivity contribution >= 4 is 11.5 Å². The second-order valence-electron chi connectivity index (χ2n) is 5.95. The number of nitrogens with one attached hydrogen (secondary N) is 2. The van der Waals surface area contributed by atoms with Gasteiger partial charge in [0.2, 0.25) is 0 Å². The van der Waals surface area contributed by atoms with Crippen molar-refractivity contribution < 1.29 is 0 Å². The number of anilines is 1. The lowest BCUT2D eigenvalue weighted by Crippen LogP contribution is -2.50. The van der Waals surface area contributed by atoms with Crippen LogP contribution in [-0.4, -0.2) is 45.0 Å². The van der Waals surface area contributed by atoms with Crippen LogP contribution < -0.4 is 15.9 Å². The molecule has 0 saturated carbocycles. The molecule has 2 aromatic rings. The van der Waals surface area contributed by atoms with Gasteiger partial charge in [-0.3, -0.25) is 0 Å². The quantitative estimate of drug-likeness (QED) is 0.843. The van der Waals surface area contributed by atoms with Gasteiger partial charge in [-0.25, -0.2) is 9.89 Å². The molecule has 2 atom stereocenters. The average Bonchev–Trinajstić information content (AvgIpc) is 3.18. The number of aromatic amines is 1. The Bertz CT molecular complexity index is 686.